The van der Waals surface area contributed by atoms with Crippen LogP contribution < -0.4 is 10.3 Å². The highest BCUT2D eigenvalue weighted by Gasteiger charge is 2.50. The minimum atomic E-state index is -1.69. The van der Waals surface area contributed by atoms with Crippen LogP contribution in [0, 0.1) is 0 Å². The molecule has 0 N–H and O–H groups in total. The Balaban J connectivity index is 1.18. The first-order valence-electron chi connectivity index (χ1n) is 16.5. The van der Waals surface area contributed by atoms with E-state index in [1.54, 1.807) is 28.5 Å². The molecule has 11 heteroatoms. The molecule has 7 rings (SSSR count). The molecule has 4 aliphatic rings. The number of hydrogen-bond acceptors (Lipinski definition) is 9. The largest absolute Gasteiger partial charge is 0.457 e. The van der Waals surface area contributed by atoms with Crippen LogP contribution in [0.3, 0.4) is 0 Å². The Bertz CT molecular complexity index is 1800. The number of amides is 1. The second-order valence-electron chi connectivity index (χ2n) is 12.8. The molecule has 46 heavy (non-hydrogen) atoms. The number of rotatable bonds is 5. The number of fused-ring (bicyclic) bond motifs is 5. The molecule has 4 aliphatic heterocycles. The number of benzene rings is 1. The van der Waals surface area contributed by atoms with E-state index in [9.17, 15) is 19.2 Å². The van der Waals surface area contributed by atoms with E-state index in [-0.39, 0.29) is 24.7 Å². The van der Waals surface area contributed by atoms with Crippen LogP contribution in [0.1, 0.15) is 81.5 Å². The lowest BCUT2D eigenvalue weighted by atomic mass is 9.85. The van der Waals surface area contributed by atoms with Crippen molar-refractivity contribution in [3.8, 4) is 17.1 Å². The lowest BCUT2D eigenvalue weighted by Crippen LogP contribution is -2.48. The SMILES string of the molecule is CCc1c2c(nc3ccc(OC(=O)N4CCC(N5CCCCC5)CC4)cc13)-c1cc3c(c(=O)n1C2)COC(=O)[C@@]3(CC)OC(C)=O. The zero-order chi connectivity index (χ0) is 32.2. The van der Waals surface area contributed by atoms with E-state index in [2.05, 4.69) is 4.90 Å². The summed E-state index contributed by atoms with van der Waals surface area (Å²) in [5.74, 6) is -0.863. The van der Waals surface area contributed by atoms with Crippen molar-refractivity contribution in [3.63, 3.8) is 0 Å². The Morgan fingerprint density at radius 1 is 1.02 bits per heavy atom. The number of aryl methyl sites for hydroxylation is 1. The lowest BCUT2D eigenvalue weighted by molar-refractivity contribution is -0.188. The Hall–Kier alpha value is -4.25. The summed E-state index contributed by atoms with van der Waals surface area (Å²) in [6, 6.07) is 7.77. The van der Waals surface area contributed by atoms with E-state index >= 15 is 0 Å². The van der Waals surface area contributed by atoms with Gasteiger partial charge in [-0.1, -0.05) is 20.3 Å². The van der Waals surface area contributed by atoms with Crippen LogP contribution in [0.2, 0.25) is 0 Å². The van der Waals surface area contributed by atoms with Crippen molar-refractivity contribution in [1.82, 2.24) is 19.4 Å². The molecule has 0 saturated carbocycles. The predicted octanol–water partition coefficient (Wildman–Crippen LogP) is 4.66. The van der Waals surface area contributed by atoms with Crippen LogP contribution in [0.4, 0.5) is 4.79 Å². The van der Waals surface area contributed by atoms with E-state index in [0.717, 1.165) is 42.4 Å². The van der Waals surface area contributed by atoms with Gasteiger partial charge in [-0.3, -0.25) is 9.59 Å². The zero-order valence-electron chi connectivity index (χ0n) is 26.7. The van der Waals surface area contributed by atoms with Gasteiger partial charge in [0.2, 0.25) is 5.60 Å². The lowest BCUT2D eigenvalue weighted by Gasteiger charge is -2.39. The zero-order valence-corrected chi connectivity index (χ0v) is 26.7. The molecular weight excluding hydrogens is 588 g/mol. The van der Waals surface area contributed by atoms with Crippen LogP contribution in [0.5, 0.6) is 5.75 Å². The summed E-state index contributed by atoms with van der Waals surface area (Å²) in [7, 11) is 0. The van der Waals surface area contributed by atoms with Gasteiger partial charge in [-0.2, -0.15) is 0 Å². The number of nitrogens with zero attached hydrogens (tertiary/aromatic N) is 4. The number of carbonyl (C=O) groups excluding carboxylic acids is 3. The summed E-state index contributed by atoms with van der Waals surface area (Å²) in [5.41, 5.74) is 2.50. The maximum absolute atomic E-state index is 13.8. The fourth-order valence-corrected chi connectivity index (χ4v) is 7.87. The standard InChI is InChI=1S/C35H40N4O7/c1-4-24-25-17-23(45-34(43)38-15-11-22(12-16-38)37-13-7-6-8-14-37)9-10-29(25)36-31-26(24)19-39-30(31)18-28-27(32(39)41)20-44-33(42)35(28,5-2)46-21(3)40/h9-10,17-18,22H,4-8,11-16,19-20H2,1-3H3/t35-/m0/s1. The fraction of sp³-hybridized carbons (Fsp3) is 0.514. The first-order valence-corrected chi connectivity index (χ1v) is 16.5. The van der Waals surface area contributed by atoms with Crippen molar-refractivity contribution in [2.75, 3.05) is 26.2 Å². The van der Waals surface area contributed by atoms with Gasteiger partial charge in [0, 0.05) is 42.6 Å². The molecule has 2 fully saturated rings. The fourth-order valence-electron chi connectivity index (χ4n) is 7.87. The highest BCUT2D eigenvalue weighted by Crippen LogP contribution is 2.42. The number of hydrogen-bond donors (Lipinski definition) is 0. The number of cyclic esters (lactones) is 1. The molecule has 0 unspecified atom stereocenters. The normalized spacial score (nSPS) is 21.4. The number of pyridine rings is 2. The molecule has 1 amide bonds. The van der Waals surface area contributed by atoms with E-state index in [0.29, 0.717) is 65.9 Å². The average Bonchev–Trinajstić information content (AvgIpc) is 3.44. The number of ether oxygens (including phenoxy) is 3. The molecule has 1 atom stereocenters. The van der Waals surface area contributed by atoms with Crippen LogP contribution in [0.25, 0.3) is 22.3 Å². The molecule has 2 aromatic heterocycles. The maximum atomic E-state index is 13.8. The van der Waals surface area contributed by atoms with Gasteiger partial charge >= 0.3 is 18.0 Å². The van der Waals surface area contributed by atoms with Crippen LogP contribution in [0.15, 0.2) is 29.1 Å². The number of esters is 2. The van der Waals surface area contributed by atoms with Crippen molar-refractivity contribution < 1.29 is 28.6 Å². The van der Waals surface area contributed by atoms with Gasteiger partial charge < -0.3 is 28.6 Å². The Morgan fingerprint density at radius 3 is 2.48 bits per heavy atom. The van der Waals surface area contributed by atoms with Crippen molar-refractivity contribution in [2.45, 2.75) is 90.5 Å². The second-order valence-corrected chi connectivity index (χ2v) is 12.8. The van der Waals surface area contributed by atoms with Gasteiger partial charge in [0.25, 0.3) is 5.56 Å². The molecule has 3 aromatic rings. The molecule has 6 heterocycles. The van der Waals surface area contributed by atoms with E-state index < -0.39 is 17.5 Å². The van der Waals surface area contributed by atoms with Gasteiger partial charge in [-0.15, -0.1) is 0 Å². The van der Waals surface area contributed by atoms with Crippen molar-refractivity contribution in [3.05, 3.63) is 56.9 Å². The predicted molar refractivity (Wildman–Crippen MR) is 169 cm³/mol. The Kier molecular flexibility index (Phi) is 7.83. The van der Waals surface area contributed by atoms with Gasteiger partial charge in [0.15, 0.2) is 0 Å². The second kappa shape index (κ2) is 11.8. The van der Waals surface area contributed by atoms with Crippen LogP contribution in [-0.2, 0) is 44.2 Å². The van der Waals surface area contributed by atoms with Gasteiger partial charge in [0.05, 0.1) is 29.0 Å². The number of likely N-dealkylation sites (tertiary alicyclic amines) is 2. The highest BCUT2D eigenvalue weighted by atomic mass is 16.6. The molecule has 0 spiro atoms. The molecule has 0 bridgehead atoms. The quantitative estimate of drug-likeness (QED) is 0.291. The highest BCUT2D eigenvalue weighted by molar-refractivity contribution is 5.91. The maximum Gasteiger partial charge on any atom is 0.415 e. The van der Waals surface area contributed by atoms with Crippen LogP contribution >= 0.6 is 0 Å². The smallest absolute Gasteiger partial charge is 0.415 e. The molecule has 0 radical (unpaired) electrons. The molecule has 242 valence electrons. The molecule has 11 nitrogen and oxygen atoms in total. The third-order valence-electron chi connectivity index (χ3n) is 10.3. The Labute approximate surface area is 267 Å². The molecule has 2 saturated heterocycles. The topological polar surface area (TPSA) is 120 Å². The molecule has 0 aliphatic carbocycles. The van der Waals surface area contributed by atoms with Crippen molar-refractivity contribution >= 4 is 28.9 Å². The summed E-state index contributed by atoms with van der Waals surface area (Å²) < 4.78 is 18.5. The third kappa shape index (κ3) is 4.96. The Morgan fingerprint density at radius 2 is 1.78 bits per heavy atom. The van der Waals surface area contributed by atoms with Crippen LogP contribution in [-0.4, -0.2) is 69.6 Å². The monoisotopic (exact) mass is 628 g/mol. The number of piperidine rings is 2. The van der Waals surface area contributed by atoms with E-state index in [1.165, 1.54) is 26.2 Å². The minimum Gasteiger partial charge on any atom is -0.457 e. The van der Waals surface area contributed by atoms with E-state index in [4.69, 9.17) is 19.2 Å². The van der Waals surface area contributed by atoms with Crippen molar-refractivity contribution in [1.29, 1.82) is 0 Å². The summed E-state index contributed by atoms with van der Waals surface area (Å²) in [6.07, 6.45) is 6.22. The summed E-state index contributed by atoms with van der Waals surface area (Å²) in [4.78, 5) is 61.5. The molecular formula is C35H40N4O7. The first kappa shape index (κ1) is 30.4. The van der Waals surface area contributed by atoms with Gasteiger partial charge in [-0.05, 0) is 81.4 Å². The number of aromatic nitrogens is 2. The number of carbonyl (C=O) groups is 3. The van der Waals surface area contributed by atoms with E-state index in [1.807, 2.05) is 19.1 Å². The van der Waals surface area contributed by atoms with Gasteiger partial charge in [-0.25, -0.2) is 14.6 Å². The molecule has 1 aromatic carbocycles. The average molecular weight is 629 g/mol. The summed E-state index contributed by atoms with van der Waals surface area (Å²) in [6.45, 7) is 8.82. The summed E-state index contributed by atoms with van der Waals surface area (Å²) >= 11 is 0. The summed E-state index contributed by atoms with van der Waals surface area (Å²) in [5, 5.41) is 0.863. The van der Waals surface area contributed by atoms with Gasteiger partial charge in [0.1, 0.15) is 12.4 Å². The minimum absolute atomic E-state index is 0.122. The third-order valence-corrected chi connectivity index (χ3v) is 10.3. The first-order chi connectivity index (χ1) is 22.2. The van der Waals surface area contributed by atoms with Crippen molar-refractivity contribution in [2.24, 2.45) is 0 Å².